The quantitative estimate of drug-likeness (QED) is 0.554. The molecular weight excluding hydrogens is 230 g/mol. The fourth-order valence-corrected chi connectivity index (χ4v) is 1.30. The summed E-state index contributed by atoms with van der Waals surface area (Å²) in [5, 5.41) is 0. The molecule has 1 saturated carbocycles. The molecule has 8 heteroatoms. The zero-order valence-corrected chi connectivity index (χ0v) is 7.79. The van der Waals surface area contributed by atoms with E-state index in [1.54, 1.807) is 0 Å². The predicted octanol–water partition coefficient (Wildman–Crippen LogP) is 2.29. The van der Waals surface area contributed by atoms with Gasteiger partial charge in [-0.1, -0.05) is 0 Å². The van der Waals surface area contributed by atoms with Crippen molar-refractivity contribution in [1.29, 1.82) is 0 Å². The van der Waals surface area contributed by atoms with Gasteiger partial charge < -0.3 is 9.47 Å². The Labute approximate surface area is 81.1 Å². The summed E-state index contributed by atoms with van der Waals surface area (Å²) >= 11 is 0. The molecule has 1 fully saturated rings. The molecule has 0 spiro atoms. The van der Waals surface area contributed by atoms with Crippen LogP contribution in [0.3, 0.4) is 0 Å². The van der Waals surface area contributed by atoms with Crippen LogP contribution < -0.4 is 0 Å². The summed E-state index contributed by atoms with van der Waals surface area (Å²) in [7, 11) is 0.952. The standard InChI is InChI=1S/C7H8F6O2/c1-4(8)5(9,10)6(11,12)7(4,13)15-3-14-2/h3H2,1-2H3. The van der Waals surface area contributed by atoms with Gasteiger partial charge in [-0.3, -0.25) is 0 Å². The third kappa shape index (κ3) is 1.09. The Morgan fingerprint density at radius 2 is 1.40 bits per heavy atom. The third-order valence-electron chi connectivity index (χ3n) is 2.37. The van der Waals surface area contributed by atoms with Crippen molar-refractivity contribution in [3.8, 4) is 0 Å². The van der Waals surface area contributed by atoms with Crippen LogP contribution in [0.15, 0.2) is 0 Å². The first-order valence-electron chi connectivity index (χ1n) is 3.82. The number of rotatable bonds is 3. The highest BCUT2D eigenvalue weighted by atomic mass is 19.3. The third-order valence-corrected chi connectivity index (χ3v) is 2.37. The van der Waals surface area contributed by atoms with Crippen molar-refractivity contribution in [2.45, 2.75) is 30.3 Å². The van der Waals surface area contributed by atoms with Crippen LogP contribution in [-0.2, 0) is 9.47 Å². The Hall–Kier alpha value is -0.500. The Balaban J connectivity index is 3.00. The van der Waals surface area contributed by atoms with E-state index in [-0.39, 0.29) is 6.92 Å². The molecule has 0 amide bonds. The van der Waals surface area contributed by atoms with Crippen molar-refractivity contribution in [3.63, 3.8) is 0 Å². The van der Waals surface area contributed by atoms with Gasteiger partial charge >= 0.3 is 17.7 Å². The van der Waals surface area contributed by atoms with E-state index < -0.39 is 30.2 Å². The zero-order chi connectivity index (χ0) is 12.1. The Kier molecular flexibility index (Phi) is 2.52. The number of hydrogen-bond donors (Lipinski definition) is 0. The van der Waals surface area contributed by atoms with Gasteiger partial charge in [0.25, 0.3) is 0 Å². The Bertz CT molecular complexity index is 246. The van der Waals surface area contributed by atoms with Gasteiger partial charge in [-0.2, -0.15) is 17.6 Å². The van der Waals surface area contributed by atoms with Gasteiger partial charge in [-0.05, 0) is 6.92 Å². The van der Waals surface area contributed by atoms with Gasteiger partial charge in [0, 0.05) is 7.11 Å². The number of alkyl halides is 6. The summed E-state index contributed by atoms with van der Waals surface area (Å²) in [6.07, 6.45) is 0. The van der Waals surface area contributed by atoms with Crippen LogP contribution in [0.5, 0.6) is 0 Å². The molecule has 0 N–H and O–H groups in total. The molecule has 1 rings (SSSR count). The van der Waals surface area contributed by atoms with Crippen molar-refractivity contribution < 1.29 is 35.8 Å². The summed E-state index contributed by atoms with van der Waals surface area (Å²) < 4.78 is 84.4. The summed E-state index contributed by atoms with van der Waals surface area (Å²) in [5.41, 5.74) is -4.10. The molecule has 0 aromatic carbocycles. The number of ether oxygens (including phenoxy) is 2. The first-order chi connectivity index (χ1) is 6.56. The molecule has 0 saturated heterocycles. The fraction of sp³-hybridized carbons (Fsp3) is 1.00. The van der Waals surface area contributed by atoms with Crippen molar-refractivity contribution in [1.82, 2.24) is 0 Å². The number of hydrogen-bond acceptors (Lipinski definition) is 2. The lowest BCUT2D eigenvalue weighted by Crippen LogP contribution is -2.85. The second kappa shape index (κ2) is 3.00. The topological polar surface area (TPSA) is 18.5 Å². The highest BCUT2D eigenvalue weighted by Gasteiger charge is 2.97. The van der Waals surface area contributed by atoms with Gasteiger partial charge in [0.15, 0.2) is 0 Å². The molecule has 90 valence electrons. The molecule has 0 radical (unpaired) electrons. The highest BCUT2D eigenvalue weighted by Crippen LogP contribution is 2.68. The molecule has 2 atom stereocenters. The summed E-state index contributed by atoms with van der Waals surface area (Å²) in [5.74, 6) is -14.7. The first-order valence-corrected chi connectivity index (χ1v) is 3.82. The zero-order valence-electron chi connectivity index (χ0n) is 7.79. The lowest BCUT2D eigenvalue weighted by atomic mass is 9.69. The van der Waals surface area contributed by atoms with Crippen molar-refractivity contribution in [2.75, 3.05) is 13.9 Å². The van der Waals surface area contributed by atoms with Crippen molar-refractivity contribution in [2.24, 2.45) is 0 Å². The van der Waals surface area contributed by atoms with Crippen LogP contribution in [0.25, 0.3) is 0 Å². The maximum absolute atomic E-state index is 13.2. The maximum Gasteiger partial charge on any atom is 0.374 e. The molecule has 2 unspecified atom stereocenters. The van der Waals surface area contributed by atoms with E-state index in [1.165, 1.54) is 0 Å². The molecule has 1 aliphatic carbocycles. The smallest absolute Gasteiger partial charge is 0.359 e. The van der Waals surface area contributed by atoms with Crippen LogP contribution in [0.1, 0.15) is 6.92 Å². The van der Waals surface area contributed by atoms with Crippen molar-refractivity contribution in [3.05, 3.63) is 0 Å². The van der Waals surface area contributed by atoms with Gasteiger partial charge in [0.05, 0.1) is 0 Å². The van der Waals surface area contributed by atoms with E-state index in [0.717, 1.165) is 7.11 Å². The minimum absolute atomic E-state index is 0.0140. The first kappa shape index (κ1) is 12.6. The van der Waals surface area contributed by atoms with E-state index in [9.17, 15) is 26.3 Å². The molecule has 15 heavy (non-hydrogen) atoms. The SMILES string of the molecule is COCOC1(F)C(C)(F)C(F)(F)C1(F)F. The number of methoxy groups -OCH3 is 1. The Morgan fingerprint density at radius 3 is 1.73 bits per heavy atom. The fourth-order valence-electron chi connectivity index (χ4n) is 1.30. The van der Waals surface area contributed by atoms with Crippen LogP contribution >= 0.6 is 0 Å². The number of halogens is 6. The summed E-state index contributed by atoms with van der Waals surface area (Å²) in [4.78, 5) is 0. The van der Waals surface area contributed by atoms with Crippen LogP contribution in [0.2, 0.25) is 0 Å². The van der Waals surface area contributed by atoms with Crippen LogP contribution in [0.4, 0.5) is 26.3 Å². The normalized spacial score (nSPS) is 42.4. The second-order valence-electron chi connectivity index (χ2n) is 3.30. The van der Waals surface area contributed by atoms with Crippen molar-refractivity contribution >= 4 is 0 Å². The average Bonchev–Trinajstić information content (AvgIpc) is 2.12. The predicted molar refractivity (Wildman–Crippen MR) is 36.2 cm³/mol. The molecule has 1 aliphatic rings. The summed E-state index contributed by atoms with van der Waals surface area (Å²) in [6, 6.07) is 0. The van der Waals surface area contributed by atoms with E-state index in [2.05, 4.69) is 9.47 Å². The molecule has 0 bridgehead atoms. The largest absolute Gasteiger partial charge is 0.374 e. The average molecular weight is 238 g/mol. The molecule has 0 aromatic heterocycles. The van der Waals surface area contributed by atoms with E-state index in [0.29, 0.717) is 0 Å². The molecule has 0 aromatic rings. The van der Waals surface area contributed by atoms with Crippen LogP contribution in [0, 0.1) is 0 Å². The highest BCUT2D eigenvalue weighted by molar-refractivity contribution is 5.26. The molecule has 2 nitrogen and oxygen atoms in total. The summed E-state index contributed by atoms with van der Waals surface area (Å²) in [6.45, 7) is -1.04. The molecular formula is C7H8F6O2. The lowest BCUT2D eigenvalue weighted by Gasteiger charge is -2.55. The maximum atomic E-state index is 13.2. The molecule has 0 aliphatic heterocycles. The minimum Gasteiger partial charge on any atom is -0.359 e. The lowest BCUT2D eigenvalue weighted by molar-refractivity contribution is -0.503. The van der Waals surface area contributed by atoms with Gasteiger partial charge in [0.1, 0.15) is 6.79 Å². The Morgan fingerprint density at radius 1 is 0.933 bits per heavy atom. The van der Waals surface area contributed by atoms with E-state index >= 15 is 0 Å². The van der Waals surface area contributed by atoms with Gasteiger partial charge in [-0.25, -0.2) is 8.78 Å². The van der Waals surface area contributed by atoms with Gasteiger partial charge in [0.2, 0.25) is 5.67 Å². The van der Waals surface area contributed by atoms with Gasteiger partial charge in [-0.15, -0.1) is 0 Å². The van der Waals surface area contributed by atoms with E-state index in [4.69, 9.17) is 0 Å². The van der Waals surface area contributed by atoms with Crippen LogP contribution in [-0.4, -0.2) is 37.3 Å². The van der Waals surface area contributed by atoms with E-state index in [1.807, 2.05) is 0 Å². The minimum atomic E-state index is -5.22. The monoisotopic (exact) mass is 238 g/mol. The second-order valence-corrected chi connectivity index (χ2v) is 3.30. The molecule has 0 heterocycles.